The van der Waals surface area contributed by atoms with Crippen molar-refractivity contribution in [3.8, 4) is 0 Å². The highest BCUT2D eigenvalue weighted by Gasteiger charge is 2.21. The third-order valence-corrected chi connectivity index (χ3v) is 6.80. The fraction of sp³-hybridized carbons (Fsp3) is 0.208. The van der Waals surface area contributed by atoms with Gasteiger partial charge in [-0.2, -0.15) is 0 Å². The Kier molecular flexibility index (Phi) is 6.45. The van der Waals surface area contributed by atoms with Crippen molar-refractivity contribution in [2.45, 2.75) is 31.2 Å². The molecular formula is C24H23N3OS2. The van der Waals surface area contributed by atoms with Crippen molar-refractivity contribution in [1.29, 1.82) is 0 Å². The molecule has 0 N–H and O–H groups in total. The van der Waals surface area contributed by atoms with E-state index in [1.807, 2.05) is 35.4 Å². The van der Waals surface area contributed by atoms with Gasteiger partial charge >= 0.3 is 0 Å². The van der Waals surface area contributed by atoms with Crippen LogP contribution in [-0.4, -0.2) is 22.1 Å². The second kappa shape index (κ2) is 9.41. The molecule has 2 aromatic carbocycles. The Morgan fingerprint density at radius 2 is 1.80 bits per heavy atom. The molecule has 1 amide bonds. The monoisotopic (exact) mass is 433 g/mol. The summed E-state index contributed by atoms with van der Waals surface area (Å²) < 4.78 is 1.11. The van der Waals surface area contributed by atoms with Crippen molar-refractivity contribution in [3.63, 3.8) is 0 Å². The Morgan fingerprint density at radius 3 is 2.50 bits per heavy atom. The summed E-state index contributed by atoms with van der Waals surface area (Å²) in [6.45, 7) is 2.61. The summed E-state index contributed by atoms with van der Waals surface area (Å²) in [7, 11) is 0. The van der Waals surface area contributed by atoms with Gasteiger partial charge in [0.05, 0.1) is 23.2 Å². The molecule has 0 bridgehead atoms. The molecule has 0 aliphatic heterocycles. The minimum absolute atomic E-state index is 0.0424. The molecule has 152 valence electrons. The summed E-state index contributed by atoms with van der Waals surface area (Å²) in [6.07, 6.45) is 6.82. The number of amides is 1. The quantitative estimate of drug-likeness (QED) is 0.348. The van der Waals surface area contributed by atoms with Crippen LogP contribution in [0.2, 0.25) is 0 Å². The molecule has 6 heteroatoms. The molecule has 0 fully saturated rings. The third-order valence-electron chi connectivity index (χ3n) is 5.01. The van der Waals surface area contributed by atoms with Crippen LogP contribution in [0.15, 0.2) is 71.9 Å². The van der Waals surface area contributed by atoms with Crippen LogP contribution >= 0.6 is 23.1 Å². The highest BCUT2D eigenvalue weighted by molar-refractivity contribution is 7.98. The van der Waals surface area contributed by atoms with Crippen LogP contribution in [0.4, 0.5) is 5.13 Å². The van der Waals surface area contributed by atoms with Gasteiger partial charge in [0.15, 0.2) is 5.13 Å². The Balaban J connectivity index is 1.67. The van der Waals surface area contributed by atoms with Gasteiger partial charge in [0.2, 0.25) is 5.91 Å². The molecule has 30 heavy (non-hydrogen) atoms. The van der Waals surface area contributed by atoms with E-state index in [9.17, 15) is 4.79 Å². The lowest BCUT2D eigenvalue weighted by Crippen LogP contribution is -2.31. The number of rotatable bonds is 7. The zero-order valence-corrected chi connectivity index (χ0v) is 18.7. The second-order valence-electron chi connectivity index (χ2n) is 6.97. The molecule has 0 aliphatic rings. The summed E-state index contributed by atoms with van der Waals surface area (Å²) >= 11 is 3.27. The first kappa shape index (κ1) is 20.6. The maximum absolute atomic E-state index is 13.4. The van der Waals surface area contributed by atoms with Gasteiger partial charge in [-0.05, 0) is 59.7 Å². The largest absolute Gasteiger partial charge is 0.283 e. The fourth-order valence-corrected chi connectivity index (χ4v) is 4.78. The lowest BCUT2D eigenvalue weighted by Gasteiger charge is -2.20. The molecule has 0 aliphatic carbocycles. The van der Waals surface area contributed by atoms with E-state index in [4.69, 9.17) is 4.98 Å². The van der Waals surface area contributed by atoms with E-state index in [1.54, 1.807) is 35.5 Å². The zero-order valence-electron chi connectivity index (χ0n) is 17.0. The standard InChI is InChI=1S/C24H23N3OS2/c1-3-19-5-4-6-21-23(19)26-24(30-21)27(16-18-11-13-25-14-12-18)22(28)15-17-7-9-20(29-2)10-8-17/h4-14H,3,15-16H2,1-2H3. The van der Waals surface area contributed by atoms with E-state index >= 15 is 0 Å². The number of hydrogen-bond donors (Lipinski definition) is 0. The van der Waals surface area contributed by atoms with Crippen LogP contribution in [0.3, 0.4) is 0 Å². The van der Waals surface area contributed by atoms with Crippen LogP contribution in [0, 0.1) is 0 Å². The van der Waals surface area contributed by atoms with Crippen molar-refractivity contribution in [2.24, 2.45) is 0 Å². The molecule has 2 aromatic heterocycles. The summed E-state index contributed by atoms with van der Waals surface area (Å²) in [5, 5.41) is 0.744. The minimum Gasteiger partial charge on any atom is -0.283 e. The van der Waals surface area contributed by atoms with Gasteiger partial charge in [-0.25, -0.2) is 4.98 Å². The lowest BCUT2D eigenvalue weighted by molar-refractivity contribution is -0.118. The predicted octanol–water partition coefficient (Wildman–Crippen LogP) is 5.75. The molecular weight excluding hydrogens is 410 g/mol. The molecule has 0 spiro atoms. The molecule has 0 radical (unpaired) electrons. The van der Waals surface area contributed by atoms with Crippen LogP contribution in [-0.2, 0) is 24.2 Å². The highest BCUT2D eigenvalue weighted by Crippen LogP contribution is 2.32. The molecule has 0 atom stereocenters. The minimum atomic E-state index is 0.0424. The van der Waals surface area contributed by atoms with E-state index in [0.717, 1.165) is 32.9 Å². The van der Waals surface area contributed by atoms with E-state index in [2.05, 4.69) is 42.2 Å². The average molecular weight is 434 g/mol. The first-order chi connectivity index (χ1) is 14.7. The Bertz CT molecular complexity index is 1140. The van der Waals surface area contributed by atoms with E-state index < -0.39 is 0 Å². The predicted molar refractivity (Wildman–Crippen MR) is 126 cm³/mol. The number of fused-ring (bicyclic) bond motifs is 1. The number of benzene rings is 2. The van der Waals surface area contributed by atoms with Crippen LogP contribution in [0.25, 0.3) is 10.2 Å². The van der Waals surface area contributed by atoms with Crippen molar-refractivity contribution in [1.82, 2.24) is 9.97 Å². The highest BCUT2D eigenvalue weighted by atomic mass is 32.2. The summed E-state index contributed by atoms with van der Waals surface area (Å²) in [4.78, 5) is 25.3. The van der Waals surface area contributed by atoms with Gasteiger partial charge in [0.1, 0.15) is 0 Å². The number of para-hydroxylation sites is 1. The van der Waals surface area contributed by atoms with Gasteiger partial charge in [-0.1, -0.05) is 42.5 Å². The number of aryl methyl sites for hydroxylation is 1. The average Bonchev–Trinajstić information content (AvgIpc) is 3.22. The summed E-state index contributed by atoms with van der Waals surface area (Å²) in [6, 6.07) is 18.3. The molecule has 2 heterocycles. The summed E-state index contributed by atoms with van der Waals surface area (Å²) in [5.74, 6) is 0.0424. The number of nitrogens with zero attached hydrogens (tertiary/aromatic N) is 3. The van der Waals surface area contributed by atoms with Gasteiger partial charge in [-0.3, -0.25) is 14.7 Å². The van der Waals surface area contributed by atoms with Crippen molar-refractivity contribution >= 4 is 44.4 Å². The second-order valence-corrected chi connectivity index (χ2v) is 8.86. The molecule has 4 rings (SSSR count). The number of hydrogen-bond acceptors (Lipinski definition) is 5. The normalized spacial score (nSPS) is 11.0. The molecule has 0 saturated carbocycles. The lowest BCUT2D eigenvalue weighted by atomic mass is 10.1. The molecule has 4 nitrogen and oxygen atoms in total. The Morgan fingerprint density at radius 1 is 1.03 bits per heavy atom. The maximum Gasteiger partial charge on any atom is 0.233 e. The van der Waals surface area contributed by atoms with E-state index in [0.29, 0.717) is 13.0 Å². The fourth-order valence-electron chi connectivity index (χ4n) is 3.34. The maximum atomic E-state index is 13.4. The topological polar surface area (TPSA) is 46.1 Å². The number of aromatic nitrogens is 2. The molecule has 0 unspecified atom stereocenters. The van der Waals surface area contributed by atoms with Crippen molar-refractivity contribution < 1.29 is 4.79 Å². The number of carbonyl (C=O) groups excluding carboxylic acids is 1. The number of thiazole rings is 1. The van der Waals surface area contributed by atoms with Crippen LogP contribution in [0.1, 0.15) is 23.6 Å². The first-order valence-electron chi connectivity index (χ1n) is 9.88. The SMILES string of the molecule is CCc1cccc2sc(N(Cc3ccncc3)C(=O)Cc3ccc(SC)cc3)nc12. The van der Waals surface area contributed by atoms with Gasteiger partial charge in [0, 0.05) is 17.3 Å². The smallest absolute Gasteiger partial charge is 0.233 e. The van der Waals surface area contributed by atoms with Crippen LogP contribution < -0.4 is 4.90 Å². The molecule has 4 aromatic rings. The zero-order chi connectivity index (χ0) is 20.9. The first-order valence-corrected chi connectivity index (χ1v) is 11.9. The van der Waals surface area contributed by atoms with Gasteiger partial charge in [-0.15, -0.1) is 11.8 Å². The van der Waals surface area contributed by atoms with Crippen molar-refractivity contribution in [3.05, 3.63) is 83.7 Å². The van der Waals surface area contributed by atoms with Gasteiger partial charge in [0.25, 0.3) is 0 Å². The Labute approximate surface area is 185 Å². The number of thioether (sulfide) groups is 1. The number of anilines is 1. The third kappa shape index (κ3) is 4.55. The number of pyridine rings is 1. The number of carbonyl (C=O) groups is 1. The Hall–Kier alpha value is -2.70. The van der Waals surface area contributed by atoms with E-state index in [1.165, 1.54) is 10.5 Å². The van der Waals surface area contributed by atoms with Crippen molar-refractivity contribution in [2.75, 3.05) is 11.2 Å². The van der Waals surface area contributed by atoms with Gasteiger partial charge < -0.3 is 0 Å². The van der Waals surface area contributed by atoms with Crippen LogP contribution in [0.5, 0.6) is 0 Å². The molecule has 0 saturated heterocycles. The summed E-state index contributed by atoms with van der Waals surface area (Å²) in [5.41, 5.74) is 4.25. The van der Waals surface area contributed by atoms with E-state index in [-0.39, 0.29) is 5.91 Å².